The number of rotatable bonds is 7. The first-order valence-electron chi connectivity index (χ1n) is 10.2. The number of nitrogens with zero attached hydrogens (tertiary/aromatic N) is 2. The van der Waals surface area contributed by atoms with Gasteiger partial charge >= 0.3 is 5.23 Å². The standard InChI is InChI=1S/C23H30ClN3OS.2ClH/c1-18-16-27(17-20-9-11-21(24)12-10-20)19(2)15-26(18)13-6-14-29-23(28)25-22-7-4-3-5-8-22;;/h3-5,7-12,18-19H,6,13-17H2,1-2H3,(H,25,28);2*1H/p+1. The predicted molar refractivity (Wildman–Crippen MR) is 139 cm³/mol. The zero-order valence-electron chi connectivity index (χ0n) is 18.0. The van der Waals surface area contributed by atoms with E-state index in [4.69, 9.17) is 11.6 Å². The SMILES string of the molecule is CC1CN(Cc2ccc(Cl)cc2)C(C)CN1CCCSC(O)=[NH+]c1ccccc1.Cl.Cl. The summed E-state index contributed by atoms with van der Waals surface area (Å²) in [5.74, 6) is 0.901. The number of halogens is 3. The molecule has 0 saturated carbocycles. The lowest BCUT2D eigenvalue weighted by molar-refractivity contribution is -0.360. The maximum Gasteiger partial charge on any atom is 0.402 e. The zero-order chi connectivity index (χ0) is 20.6. The normalized spacial score (nSPS) is 20.0. The Bertz CT molecular complexity index is 792. The van der Waals surface area contributed by atoms with E-state index in [2.05, 4.69) is 40.8 Å². The third-order valence-corrected chi connectivity index (χ3v) is 6.52. The van der Waals surface area contributed by atoms with E-state index in [0.29, 0.717) is 12.1 Å². The van der Waals surface area contributed by atoms with Gasteiger partial charge in [-0.25, -0.2) is 0 Å². The van der Waals surface area contributed by atoms with Crippen LogP contribution in [0, 0.1) is 0 Å². The van der Waals surface area contributed by atoms with E-state index in [1.54, 1.807) is 0 Å². The highest BCUT2D eigenvalue weighted by molar-refractivity contribution is 8.13. The van der Waals surface area contributed by atoms with Crippen molar-refractivity contribution < 1.29 is 10.1 Å². The number of para-hydroxylation sites is 1. The van der Waals surface area contributed by atoms with Crippen molar-refractivity contribution in [3.63, 3.8) is 0 Å². The smallest absolute Gasteiger partial charge is 0.402 e. The molecule has 0 aromatic heterocycles. The van der Waals surface area contributed by atoms with Crippen molar-refractivity contribution in [2.75, 3.05) is 25.4 Å². The Morgan fingerprint density at radius 3 is 2.29 bits per heavy atom. The average Bonchev–Trinajstić information content (AvgIpc) is 2.71. The van der Waals surface area contributed by atoms with Crippen LogP contribution >= 0.6 is 48.2 Å². The maximum atomic E-state index is 10.1. The molecule has 2 aromatic carbocycles. The van der Waals surface area contributed by atoms with Gasteiger partial charge in [0, 0.05) is 54.6 Å². The molecule has 1 saturated heterocycles. The molecule has 172 valence electrons. The van der Waals surface area contributed by atoms with E-state index >= 15 is 0 Å². The molecule has 2 atom stereocenters. The van der Waals surface area contributed by atoms with Crippen LogP contribution in [0.5, 0.6) is 0 Å². The number of aliphatic hydroxyl groups excluding tert-OH is 1. The van der Waals surface area contributed by atoms with Gasteiger partial charge in [0.05, 0.1) is 0 Å². The van der Waals surface area contributed by atoms with Crippen molar-refractivity contribution in [1.82, 2.24) is 9.80 Å². The summed E-state index contributed by atoms with van der Waals surface area (Å²) in [4.78, 5) is 8.17. The largest absolute Gasteiger partial charge is 0.455 e. The van der Waals surface area contributed by atoms with Gasteiger partial charge in [-0.2, -0.15) is 4.99 Å². The van der Waals surface area contributed by atoms with Gasteiger partial charge in [-0.15, -0.1) is 24.8 Å². The van der Waals surface area contributed by atoms with Crippen LogP contribution in [0.4, 0.5) is 5.69 Å². The number of aliphatic hydroxyl groups is 1. The summed E-state index contributed by atoms with van der Waals surface area (Å²) in [6.45, 7) is 8.81. The van der Waals surface area contributed by atoms with Crippen LogP contribution in [0.3, 0.4) is 0 Å². The van der Waals surface area contributed by atoms with Gasteiger partial charge in [0.2, 0.25) is 5.69 Å². The molecule has 31 heavy (non-hydrogen) atoms. The zero-order valence-corrected chi connectivity index (χ0v) is 21.2. The van der Waals surface area contributed by atoms with Crippen molar-refractivity contribution in [2.45, 2.75) is 38.9 Å². The first kappa shape index (κ1) is 28.1. The van der Waals surface area contributed by atoms with Crippen LogP contribution in [0.15, 0.2) is 54.6 Å². The fourth-order valence-corrected chi connectivity index (χ4v) is 4.53. The number of hydrogen-bond donors (Lipinski definition) is 2. The Balaban J connectivity index is 0.00000240. The fraction of sp³-hybridized carbons (Fsp3) is 0.435. The highest BCUT2D eigenvalue weighted by atomic mass is 35.5. The summed E-state index contributed by atoms with van der Waals surface area (Å²) in [6, 6.07) is 19.0. The Morgan fingerprint density at radius 2 is 1.61 bits per heavy atom. The van der Waals surface area contributed by atoms with E-state index in [1.807, 2.05) is 42.5 Å². The molecule has 2 N–H and O–H groups in total. The number of thioether (sulfide) groups is 1. The summed E-state index contributed by atoms with van der Waals surface area (Å²) in [5, 5.41) is 11.1. The van der Waals surface area contributed by atoms with Crippen LogP contribution < -0.4 is 4.99 Å². The molecular formula is C23H33Cl3N3OS+. The third kappa shape index (κ3) is 9.21. The predicted octanol–water partition coefficient (Wildman–Crippen LogP) is 4.53. The van der Waals surface area contributed by atoms with Gasteiger partial charge in [0.15, 0.2) is 0 Å². The molecule has 0 spiro atoms. The molecular weight excluding hydrogens is 473 g/mol. The van der Waals surface area contributed by atoms with E-state index in [0.717, 1.165) is 49.1 Å². The summed E-state index contributed by atoms with van der Waals surface area (Å²) in [7, 11) is 0. The Kier molecular flexibility index (Phi) is 12.9. The molecule has 8 heteroatoms. The second-order valence-corrected chi connectivity index (χ2v) is 9.27. The minimum atomic E-state index is 0. The highest BCUT2D eigenvalue weighted by Crippen LogP contribution is 2.19. The molecule has 0 radical (unpaired) electrons. The molecule has 4 nitrogen and oxygen atoms in total. The summed E-state index contributed by atoms with van der Waals surface area (Å²) >= 11 is 7.48. The molecule has 0 amide bonds. The molecule has 1 heterocycles. The average molecular weight is 506 g/mol. The lowest BCUT2D eigenvalue weighted by Crippen LogP contribution is -2.65. The summed E-state index contributed by atoms with van der Waals surface area (Å²) in [6.07, 6.45) is 1.06. The molecule has 2 aromatic rings. The second-order valence-electron chi connectivity index (χ2n) is 7.75. The van der Waals surface area contributed by atoms with Crippen molar-refractivity contribution in [3.8, 4) is 0 Å². The van der Waals surface area contributed by atoms with Gasteiger partial charge in [0.1, 0.15) is 0 Å². The van der Waals surface area contributed by atoms with Crippen LogP contribution in [0.2, 0.25) is 5.02 Å². The quantitative estimate of drug-likeness (QED) is 0.330. The minimum Gasteiger partial charge on any atom is -0.455 e. The second kappa shape index (κ2) is 14.2. The molecule has 1 aliphatic rings. The van der Waals surface area contributed by atoms with Gasteiger partial charge in [-0.05, 0) is 56.3 Å². The first-order valence-corrected chi connectivity index (χ1v) is 11.6. The van der Waals surface area contributed by atoms with E-state index in [-0.39, 0.29) is 30.0 Å². The van der Waals surface area contributed by atoms with Gasteiger partial charge in [-0.3, -0.25) is 9.80 Å². The lowest BCUT2D eigenvalue weighted by Gasteiger charge is -2.44. The molecule has 0 bridgehead atoms. The molecule has 2 unspecified atom stereocenters. The summed E-state index contributed by atoms with van der Waals surface area (Å²) < 4.78 is 0. The van der Waals surface area contributed by atoms with Crippen molar-refractivity contribution in [1.29, 1.82) is 0 Å². The van der Waals surface area contributed by atoms with Crippen molar-refractivity contribution in [2.24, 2.45) is 0 Å². The molecule has 3 rings (SSSR count). The number of nitrogens with one attached hydrogen (secondary N) is 1. The van der Waals surface area contributed by atoms with Gasteiger partial charge in [0.25, 0.3) is 0 Å². The van der Waals surface area contributed by atoms with Crippen LogP contribution in [0.25, 0.3) is 0 Å². The first-order chi connectivity index (χ1) is 14.0. The van der Waals surface area contributed by atoms with Crippen molar-refractivity contribution >= 4 is 59.1 Å². The monoisotopic (exact) mass is 504 g/mol. The van der Waals surface area contributed by atoms with Crippen LogP contribution in [-0.4, -0.2) is 57.6 Å². The Labute approximate surface area is 207 Å². The van der Waals surface area contributed by atoms with Crippen molar-refractivity contribution in [3.05, 3.63) is 65.2 Å². The summed E-state index contributed by atoms with van der Waals surface area (Å²) in [5.41, 5.74) is 2.23. The minimum absolute atomic E-state index is 0. The third-order valence-electron chi connectivity index (χ3n) is 5.40. The van der Waals surface area contributed by atoms with E-state index < -0.39 is 0 Å². The van der Waals surface area contributed by atoms with Crippen LogP contribution in [-0.2, 0) is 6.54 Å². The number of benzene rings is 2. The van der Waals surface area contributed by atoms with Gasteiger partial charge < -0.3 is 5.11 Å². The van der Waals surface area contributed by atoms with E-state index in [1.165, 1.54) is 17.3 Å². The Morgan fingerprint density at radius 1 is 1.00 bits per heavy atom. The Hall–Kier alpha value is -0.950. The fourth-order valence-electron chi connectivity index (χ4n) is 3.74. The maximum absolute atomic E-state index is 10.1. The number of piperazine rings is 1. The topological polar surface area (TPSA) is 40.7 Å². The van der Waals surface area contributed by atoms with Gasteiger partial charge in [-0.1, -0.05) is 41.9 Å². The number of hydrogen-bond acceptors (Lipinski definition) is 3. The molecule has 0 aliphatic carbocycles. The van der Waals surface area contributed by atoms with Crippen LogP contribution in [0.1, 0.15) is 25.8 Å². The molecule has 1 aliphatic heterocycles. The molecule has 1 fully saturated rings. The highest BCUT2D eigenvalue weighted by Gasteiger charge is 2.28. The van der Waals surface area contributed by atoms with E-state index in [9.17, 15) is 5.11 Å². The lowest BCUT2D eigenvalue weighted by atomic mass is 10.1.